The van der Waals surface area contributed by atoms with E-state index in [1.165, 1.54) is 19.4 Å². The van der Waals surface area contributed by atoms with Crippen LogP contribution in [0.15, 0.2) is 0 Å². The molecule has 0 fully saturated rings. The Morgan fingerprint density at radius 1 is 1.14 bits per heavy atom. The molecule has 0 radical (unpaired) electrons. The smallest absolute Gasteiger partial charge is 0.0112 e. The predicted molar refractivity (Wildman–Crippen MR) is 64.5 cm³/mol. The van der Waals surface area contributed by atoms with Gasteiger partial charge in [-0.2, -0.15) is 0 Å². The second-order valence-electron chi connectivity index (χ2n) is 5.37. The van der Waals surface area contributed by atoms with E-state index in [2.05, 4.69) is 39.6 Å². The molecule has 86 valence electrons. The summed E-state index contributed by atoms with van der Waals surface area (Å²) in [7, 11) is 2.22. The molecular formula is C12H28N2. The van der Waals surface area contributed by atoms with Crippen molar-refractivity contribution in [3.05, 3.63) is 0 Å². The summed E-state index contributed by atoms with van der Waals surface area (Å²) in [4.78, 5) is 2.45. The number of unbranched alkanes of at least 4 members (excludes halogenated alkanes) is 2. The third-order valence-corrected chi connectivity index (χ3v) is 3.13. The Balaban J connectivity index is 3.68. The molecule has 0 bridgehead atoms. The van der Waals surface area contributed by atoms with Crippen LogP contribution in [-0.4, -0.2) is 31.1 Å². The van der Waals surface area contributed by atoms with Crippen molar-refractivity contribution in [1.29, 1.82) is 0 Å². The molecule has 0 aliphatic carbocycles. The fourth-order valence-electron chi connectivity index (χ4n) is 1.54. The first-order valence-electron chi connectivity index (χ1n) is 5.80. The van der Waals surface area contributed by atoms with Crippen LogP contribution in [0.2, 0.25) is 0 Å². The average molecular weight is 200 g/mol. The molecule has 1 unspecified atom stereocenters. The molecule has 0 aromatic carbocycles. The molecule has 0 saturated carbocycles. The molecule has 14 heavy (non-hydrogen) atoms. The Bertz CT molecular complexity index is 138. The first-order valence-corrected chi connectivity index (χ1v) is 5.80. The van der Waals surface area contributed by atoms with Gasteiger partial charge < -0.3 is 10.6 Å². The standard InChI is InChI=1S/C12H28N2/c1-11(12(2,3)4)14(5)10-8-6-7-9-13/h11H,6-10,13H2,1-5H3. The van der Waals surface area contributed by atoms with Gasteiger partial charge >= 0.3 is 0 Å². The molecule has 2 heteroatoms. The van der Waals surface area contributed by atoms with Crippen molar-refractivity contribution in [3.63, 3.8) is 0 Å². The van der Waals surface area contributed by atoms with E-state index < -0.39 is 0 Å². The lowest BCUT2D eigenvalue weighted by Crippen LogP contribution is -2.39. The summed E-state index contributed by atoms with van der Waals surface area (Å²) in [6, 6.07) is 0.639. The molecule has 0 spiro atoms. The fraction of sp³-hybridized carbons (Fsp3) is 1.00. The van der Waals surface area contributed by atoms with Crippen LogP contribution in [-0.2, 0) is 0 Å². The SMILES string of the molecule is CC(N(C)CCCCCN)C(C)(C)C. The maximum absolute atomic E-state index is 5.46. The zero-order chi connectivity index (χ0) is 11.2. The lowest BCUT2D eigenvalue weighted by molar-refractivity contribution is 0.139. The van der Waals surface area contributed by atoms with E-state index >= 15 is 0 Å². The van der Waals surface area contributed by atoms with E-state index in [4.69, 9.17) is 5.73 Å². The van der Waals surface area contributed by atoms with Gasteiger partial charge in [0, 0.05) is 6.04 Å². The maximum Gasteiger partial charge on any atom is 0.0112 e. The van der Waals surface area contributed by atoms with Crippen molar-refractivity contribution < 1.29 is 0 Å². The monoisotopic (exact) mass is 200 g/mol. The largest absolute Gasteiger partial charge is 0.330 e. The molecule has 0 aromatic heterocycles. The third kappa shape index (κ3) is 5.61. The summed E-state index contributed by atoms with van der Waals surface area (Å²) in [5.41, 5.74) is 5.84. The second-order valence-corrected chi connectivity index (χ2v) is 5.37. The van der Waals surface area contributed by atoms with Gasteiger partial charge in [-0.3, -0.25) is 0 Å². The Hall–Kier alpha value is -0.0800. The van der Waals surface area contributed by atoms with Crippen LogP contribution in [0.3, 0.4) is 0 Å². The molecule has 0 aliphatic rings. The highest BCUT2D eigenvalue weighted by atomic mass is 15.1. The zero-order valence-electron chi connectivity index (χ0n) is 10.6. The van der Waals surface area contributed by atoms with Crippen LogP contribution in [0.4, 0.5) is 0 Å². The lowest BCUT2D eigenvalue weighted by atomic mass is 9.87. The Labute approximate surface area is 89.9 Å². The second kappa shape index (κ2) is 6.41. The quantitative estimate of drug-likeness (QED) is 0.667. The Morgan fingerprint density at radius 3 is 2.14 bits per heavy atom. The minimum absolute atomic E-state index is 0.378. The van der Waals surface area contributed by atoms with Gasteiger partial charge in [0.25, 0.3) is 0 Å². The van der Waals surface area contributed by atoms with Gasteiger partial charge in [0.1, 0.15) is 0 Å². The minimum atomic E-state index is 0.378. The summed E-state index contributed by atoms with van der Waals surface area (Å²) < 4.78 is 0. The van der Waals surface area contributed by atoms with Crippen LogP contribution in [0, 0.1) is 5.41 Å². The van der Waals surface area contributed by atoms with Crippen molar-refractivity contribution in [2.45, 2.75) is 53.0 Å². The van der Waals surface area contributed by atoms with E-state index in [0.29, 0.717) is 11.5 Å². The third-order valence-electron chi connectivity index (χ3n) is 3.13. The van der Waals surface area contributed by atoms with Gasteiger partial charge in [-0.05, 0) is 45.3 Å². The number of nitrogens with two attached hydrogens (primary N) is 1. The zero-order valence-corrected chi connectivity index (χ0v) is 10.6. The number of nitrogens with zero attached hydrogens (tertiary/aromatic N) is 1. The molecule has 0 aromatic rings. The Kier molecular flexibility index (Phi) is 6.38. The predicted octanol–water partition coefficient (Wildman–Crippen LogP) is 2.48. The van der Waals surface area contributed by atoms with Gasteiger partial charge in [-0.25, -0.2) is 0 Å². The van der Waals surface area contributed by atoms with Crippen molar-refractivity contribution in [2.75, 3.05) is 20.1 Å². The van der Waals surface area contributed by atoms with E-state index in [0.717, 1.165) is 13.0 Å². The topological polar surface area (TPSA) is 29.3 Å². The summed E-state index contributed by atoms with van der Waals surface area (Å²) in [5.74, 6) is 0. The van der Waals surface area contributed by atoms with E-state index in [-0.39, 0.29) is 0 Å². The van der Waals surface area contributed by atoms with Crippen molar-refractivity contribution in [1.82, 2.24) is 4.90 Å². The van der Waals surface area contributed by atoms with Gasteiger partial charge in [0.2, 0.25) is 0 Å². The first-order chi connectivity index (χ1) is 6.39. The Morgan fingerprint density at radius 2 is 1.71 bits per heavy atom. The summed E-state index contributed by atoms with van der Waals surface area (Å²) in [6.45, 7) is 11.2. The van der Waals surface area contributed by atoms with Crippen molar-refractivity contribution in [2.24, 2.45) is 11.1 Å². The highest BCUT2D eigenvalue weighted by molar-refractivity contribution is 4.77. The van der Waals surface area contributed by atoms with Crippen LogP contribution in [0.1, 0.15) is 47.0 Å². The summed E-state index contributed by atoms with van der Waals surface area (Å²) in [6.07, 6.45) is 3.70. The highest BCUT2D eigenvalue weighted by Gasteiger charge is 2.23. The van der Waals surface area contributed by atoms with Gasteiger partial charge in [0.15, 0.2) is 0 Å². The van der Waals surface area contributed by atoms with Crippen molar-refractivity contribution in [3.8, 4) is 0 Å². The molecule has 0 saturated heterocycles. The van der Waals surface area contributed by atoms with Gasteiger partial charge in [-0.1, -0.05) is 27.2 Å². The van der Waals surface area contributed by atoms with E-state index in [1.807, 2.05) is 0 Å². The first kappa shape index (κ1) is 13.9. The van der Waals surface area contributed by atoms with Gasteiger partial charge in [-0.15, -0.1) is 0 Å². The van der Waals surface area contributed by atoms with Crippen LogP contribution >= 0.6 is 0 Å². The maximum atomic E-state index is 5.46. The van der Waals surface area contributed by atoms with E-state index in [1.54, 1.807) is 0 Å². The summed E-state index contributed by atoms with van der Waals surface area (Å²) in [5, 5.41) is 0. The highest BCUT2D eigenvalue weighted by Crippen LogP contribution is 2.23. The minimum Gasteiger partial charge on any atom is -0.330 e. The molecule has 0 rings (SSSR count). The average Bonchev–Trinajstić information content (AvgIpc) is 2.09. The van der Waals surface area contributed by atoms with Crippen molar-refractivity contribution >= 4 is 0 Å². The number of hydrogen-bond donors (Lipinski definition) is 1. The lowest BCUT2D eigenvalue weighted by Gasteiger charge is -2.35. The normalized spacial score (nSPS) is 14.8. The molecule has 0 aliphatic heterocycles. The molecule has 0 heterocycles. The van der Waals surface area contributed by atoms with E-state index in [9.17, 15) is 0 Å². The number of hydrogen-bond acceptors (Lipinski definition) is 2. The van der Waals surface area contributed by atoms with Crippen LogP contribution in [0.25, 0.3) is 0 Å². The number of rotatable bonds is 6. The summed E-state index contributed by atoms with van der Waals surface area (Å²) >= 11 is 0. The van der Waals surface area contributed by atoms with Gasteiger partial charge in [0.05, 0.1) is 0 Å². The molecule has 2 nitrogen and oxygen atoms in total. The molecular weight excluding hydrogens is 172 g/mol. The molecule has 2 N–H and O–H groups in total. The van der Waals surface area contributed by atoms with Crippen LogP contribution < -0.4 is 5.73 Å². The van der Waals surface area contributed by atoms with Crippen LogP contribution in [0.5, 0.6) is 0 Å². The fourth-order valence-corrected chi connectivity index (χ4v) is 1.54. The molecule has 0 amide bonds. The molecule has 1 atom stereocenters.